The predicted molar refractivity (Wildman–Crippen MR) is 85.9 cm³/mol. The van der Waals surface area contributed by atoms with E-state index < -0.39 is 0 Å². The molecule has 0 aliphatic carbocycles. The maximum atomic E-state index is 4.60. The normalized spacial score (nSPS) is 17.9. The average molecular weight is 463 g/mol. The van der Waals surface area contributed by atoms with E-state index in [1.165, 1.54) is 0 Å². The minimum Gasteiger partial charge on any atom is -0.259 e. The van der Waals surface area contributed by atoms with Crippen molar-refractivity contribution in [2.24, 2.45) is 21.2 Å². The van der Waals surface area contributed by atoms with Crippen LogP contribution in [0.25, 0.3) is 0 Å². The van der Waals surface area contributed by atoms with Gasteiger partial charge in [-0.3, -0.25) is 9.98 Å². The van der Waals surface area contributed by atoms with Gasteiger partial charge in [0, 0.05) is 24.2 Å². The predicted octanol–water partition coefficient (Wildman–Crippen LogP) is 4.86. The molecule has 0 fully saturated rings. The first-order valence-corrected chi connectivity index (χ1v) is 7.33. The van der Waals surface area contributed by atoms with Crippen LogP contribution < -0.4 is 0 Å². The molecule has 0 saturated carbocycles. The largest absolute Gasteiger partial charge is 1.00 e. The van der Waals surface area contributed by atoms with Gasteiger partial charge in [-0.05, 0) is 23.0 Å². The Morgan fingerprint density at radius 2 is 1.62 bits per heavy atom. The van der Waals surface area contributed by atoms with E-state index in [9.17, 15) is 0 Å². The number of allylic oxidation sites excluding steroid dienone is 1. The second kappa shape index (κ2) is 6.14. The van der Waals surface area contributed by atoms with Gasteiger partial charge in [0.05, 0.1) is 11.4 Å². The van der Waals surface area contributed by atoms with Gasteiger partial charge in [0.1, 0.15) is 0 Å². The van der Waals surface area contributed by atoms with Crippen LogP contribution in [0.5, 0.6) is 0 Å². The fourth-order valence-electron chi connectivity index (χ4n) is 3.47. The smallest absolute Gasteiger partial charge is 0.259 e. The zero-order chi connectivity index (χ0) is 15.0. The van der Waals surface area contributed by atoms with Crippen LogP contribution in [-0.2, 0) is 20.1 Å². The van der Waals surface area contributed by atoms with Crippen molar-refractivity contribution in [3.8, 4) is 0 Å². The Hall–Kier alpha value is -0.791. The first-order valence-electron chi connectivity index (χ1n) is 7.33. The summed E-state index contributed by atoms with van der Waals surface area (Å²) in [5.41, 5.74) is 2.50. The van der Waals surface area contributed by atoms with Crippen LogP contribution in [0.4, 0.5) is 0 Å². The van der Waals surface area contributed by atoms with E-state index in [4.69, 9.17) is 0 Å². The third-order valence-corrected chi connectivity index (χ3v) is 4.67. The molecule has 116 valence electrons. The van der Waals surface area contributed by atoms with Gasteiger partial charge in [0.15, 0.2) is 0 Å². The van der Waals surface area contributed by atoms with Crippen LogP contribution in [0, 0.1) is 16.2 Å². The summed E-state index contributed by atoms with van der Waals surface area (Å²) >= 11 is 0. The molecule has 0 amide bonds. The van der Waals surface area contributed by atoms with Crippen molar-refractivity contribution in [3.05, 3.63) is 42.4 Å². The molecule has 1 aromatic rings. The summed E-state index contributed by atoms with van der Waals surface area (Å²) in [5.74, 6) is 0. The van der Waals surface area contributed by atoms with Crippen LogP contribution >= 0.6 is 0 Å². The van der Waals surface area contributed by atoms with Crippen molar-refractivity contribution >= 4 is 5.71 Å². The summed E-state index contributed by atoms with van der Waals surface area (Å²) in [7, 11) is 0. The van der Waals surface area contributed by atoms with Gasteiger partial charge in [-0.2, -0.15) is 0 Å². The van der Waals surface area contributed by atoms with E-state index in [-0.39, 0.29) is 36.4 Å². The molecule has 0 bridgehead atoms. The number of hydrogen-bond donors (Lipinski definition) is 0. The molecule has 0 spiro atoms. The van der Waals surface area contributed by atoms with Crippen LogP contribution in [0.1, 0.15) is 53.7 Å². The number of aromatic nitrogens is 1. The number of pyridine rings is 1. The zero-order valence-corrected chi connectivity index (χ0v) is 16.3. The molecule has 1 aliphatic heterocycles. The van der Waals surface area contributed by atoms with Crippen LogP contribution in [-0.4, -0.2) is 10.7 Å². The Morgan fingerprint density at radius 3 is 2.10 bits per heavy atom. The van der Waals surface area contributed by atoms with Crippen molar-refractivity contribution in [3.63, 3.8) is 0 Å². The van der Waals surface area contributed by atoms with Gasteiger partial charge < -0.3 is 0 Å². The Labute approximate surface area is 142 Å². The molecule has 0 N–H and O–H groups in total. The first-order chi connectivity index (χ1) is 9.17. The second-order valence-corrected chi connectivity index (χ2v) is 7.75. The van der Waals surface area contributed by atoms with Gasteiger partial charge in [0.25, 0.3) is 0 Å². The summed E-state index contributed by atoms with van der Waals surface area (Å²) in [5, 5.41) is 0. The molecule has 21 heavy (non-hydrogen) atoms. The number of rotatable bonds is 1. The fraction of sp³-hybridized carbons (Fsp3) is 0.556. The molecule has 2 rings (SSSR count). The van der Waals surface area contributed by atoms with Crippen LogP contribution in [0.3, 0.4) is 0 Å². The average Bonchev–Trinajstić information content (AvgIpc) is 2.37. The van der Waals surface area contributed by atoms with Gasteiger partial charge in [-0.25, -0.2) is 0 Å². The topological polar surface area (TPSA) is 25.2 Å². The molecule has 2 nitrogen and oxygen atoms in total. The number of nitrogens with zero attached hydrogens (tertiary/aromatic N) is 2. The van der Waals surface area contributed by atoms with Crippen molar-refractivity contribution < 1.29 is 20.1 Å². The molecule has 0 aromatic carbocycles. The minimum absolute atomic E-state index is 0. The standard InChI is InChI=1S/C18H26N2.Ir/c1-16(2,3)18(17(4,5)6)10-12-20-15(13-18)14-9-7-8-11-19-14;/h7-12H,13H2,1-6H3;/q;+1. The van der Waals surface area contributed by atoms with Crippen molar-refractivity contribution in [1.82, 2.24) is 4.98 Å². The summed E-state index contributed by atoms with van der Waals surface area (Å²) < 4.78 is 0. The Bertz CT molecular complexity index is 517. The maximum Gasteiger partial charge on any atom is 1.00 e. The number of aliphatic imine (C=N–C) groups is 1. The van der Waals surface area contributed by atoms with E-state index in [1.54, 1.807) is 0 Å². The molecular weight excluding hydrogens is 436 g/mol. The van der Waals surface area contributed by atoms with Crippen LogP contribution in [0.2, 0.25) is 0 Å². The van der Waals surface area contributed by atoms with Gasteiger partial charge >= 0.3 is 20.1 Å². The van der Waals surface area contributed by atoms with E-state index in [1.807, 2.05) is 30.6 Å². The quantitative estimate of drug-likeness (QED) is 0.585. The third-order valence-electron chi connectivity index (χ3n) is 4.67. The Kier molecular flexibility index (Phi) is 5.34. The maximum absolute atomic E-state index is 4.60. The molecule has 1 aliphatic rings. The molecule has 0 radical (unpaired) electrons. The second-order valence-electron chi connectivity index (χ2n) is 7.75. The zero-order valence-electron chi connectivity index (χ0n) is 13.9. The number of hydrogen-bond acceptors (Lipinski definition) is 2. The van der Waals surface area contributed by atoms with E-state index in [0.717, 1.165) is 17.8 Å². The van der Waals surface area contributed by atoms with Crippen molar-refractivity contribution in [1.29, 1.82) is 0 Å². The SMILES string of the molecule is CC(C)(C)C1(C(C)(C)C)C=CN=C(c2ccccn2)C1.[Ir+]. The molecule has 0 saturated heterocycles. The monoisotopic (exact) mass is 463 g/mol. The van der Waals surface area contributed by atoms with Gasteiger partial charge in [-0.1, -0.05) is 53.7 Å². The van der Waals surface area contributed by atoms with E-state index in [0.29, 0.717) is 0 Å². The first kappa shape index (κ1) is 18.3. The molecule has 3 heteroatoms. The van der Waals surface area contributed by atoms with Gasteiger partial charge in [-0.15, -0.1) is 0 Å². The third kappa shape index (κ3) is 3.35. The van der Waals surface area contributed by atoms with Crippen molar-refractivity contribution in [2.75, 3.05) is 0 Å². The van der Waals surface area contributed by atoms with E-state index in [2.05, 4.69) is 57.6 Å². The minimum atomic E-state index is 0. The molecule has 1 aromatic heterocycles. The molecular formula is C18H26IrN2+. The van der Waals surface area contributed by atoms with Crippen LogP contribution in [0.15, 0.2) is 41.7 Å². The summed E-state index contributed by atoms with van der Waals surface area (Å²) in [6.07, 6.45) is 7.06. The molecule has 2 heterocycles. The van der Waals surface area contributed by atoms with E-state index >= 15 is 0 Å². The fourth-order valence-corrected chi connectivity index (χ4v) is 3.47. The Balaban J connectivity index is 0.00000220. The summed E-state index contributed by atoms with van der Waals surface area (Å²) in [6.45, 7) is 13.9. The Morgan fingerprint density at radius 1 is 1.00 bits per heavy atom. The van der Waals surface area contributed by atoms with Gasteiger partial charge in [0.2, 0.25) is 0 Å². The van der Waals surface area contributed by atoms with Crippen molar-refractivity contribution in [2.45, 2.75) is 48.0 Å². The molecule has 0 unspecified atom stereocenters. The summed E-state index contributed by atoms with van der Waals surface area (Å²) in [4.78, 5) is 9.06. The summed E-state index contributed by atoms with van der Waals surface area (Å²) in [6, 6.07) is 6.02. The molecule has 0 atom stereocenters.